The predicted molar refractivity (Wildman–Crippen MR) is 81.4 cm³/mol. The first-order valence-corrected chi connectivity index (χ1v) is 7.29. The third-order valence-electron chi connectivity index (χ3n) is 3.96. The van der Waals surface area contributed by atoms with Crippen molar-refractivity contribution in [2.45, 2.75) is 25.2 Å². The van der Waals surface area contributed by atoms with Crippen LogP contribution in [-0.2, 0) is 11.3 Å². The topological polar surface area (TPSA) is 50.5 Å². The standard InChI is InChI=1S/C16H21N3O2/c1-21-15-12-18(9-7-14(15)20)16-8-10-19(17-16)11-13-5-3-2-4-6-13/h2-6,8,10,14-15,20H,7,9,11-12H2,1H3/t14-,15-/m1/s1. The summed E-state index contributed by atoms with van der Waals surface area (Å²) in [5, 5.41) is 14.5. The smallest absolute Gasteiger partial charge is 0.150 e. The molecule has 1 aromatic heterocycles. The molecule has 1 fully saturated rings. The Balaban J connectivity index is 1.67. The monoisotopic (exact) mass is 287 g/mol. The van der Waals surface area contributed by atoms with E-state index in [1.165, 1.54) is 5.56 Å². The summed E-state index contributed by atoms with van der Waals surface area (Å²) in [5.41, 5.74) is 1.23. The zero-order valence-corrected chi connectivity index (χ0v) is 12.2. The zero-order valence-electron chi connectivity index (χ0n) is 12.2. The minimum atomic E-state index is -0.377. The highest BCUT2D eigenvalue weighted by Crippen LogP contribution is 2.20. The van der Waals surface area contributed by atoms with Gasteiger partial charge in [-0.15, -0.1) is 0 Å². The van der Waals surface area contributed by atoms with Crippen molar-refractivity contribution >= 4 is 5.82 Å². The number of piperidine rings is 1. The van der Waals surface area contributed by atoms with Gasteiger partial charge in [-0.25, -0.2) is 0 Å². The lowest BCUT2D eigenvalue weighted by Gasteiger charge is -2.35. The normalized spacial score (nSPS) is 22.5. The molecule has 3 rings (SSSR count). The number of hydrogen-bond donors (Lipinski definition) is 1. The lowest BCUT2D eigenvalue weighted by molar-refractivity contribution is -0.0207. The van der Waals surface area contributed by atoms with Crippen LogP contribution < -0.4 is 4.90 Å². The largest absolute Gasteiger partial charge is 0.390 e. The Morgan fingerprint density at radius 2 is 2.10 bits per heavy atom. The van der Waals surface area contributed by atoms with Gasteiger partial charge in [0.15, 0.2) is 5.82 Å². The van der Waals surface area contributed by atoms with Gasteiger partial charge in [0.2, 0.25) is 0 Å². The molecule has 112 valence electrons. The second-order valence-electron chi connectivity index (χ2n) is 5.43. The van der Waals surface area contributed by atoms with E-state index in [2.05, 4.69) is 22.1 Å². The number of nitrogens with zero attached hydrogens (tertiary/aromatic N) is 3. The van der Waals surface area contributed by atoms with Gasteiger partial charge in [-0.2, -0.15) is 5.10 Å². The minimum Gasteiger partial charge on any atom is -0.390 e. The Morgan fingerprint density at radius 3 is 2.86 bits per heavy atom. The number of aliphatic hydroxyl groups excluding tert-OH is 1. The number of aliphatic hydroxyl groups is 1. The Kier molecular flexibility index (Phi) is 4.22. The van der Waals surface area contributed by atoms with Gasteiger partial charge in [-0.3, -0.25) is 4.68 Å². The van der Waals surface area contributed by atoms with Crippen molar-refractivity contribution in [1.29, 1.82) is 0 Å². The Labute approximate surface area is 124 Å². The van der Waals surface area contributed by atoms with E-state index in [0.29, 0.717) is 13.0 Å². The number of aromatic nitrogens is 2. The van der Waals surface area contributed by atoms with E-state index in [1.54, 1.807) is 7.11 Å². The van der Waals surface area contributed by atoms with Crippen molar-refractivity contribution < 1.29 is 9.84 Å². The van der Waals surface area contributed by atoms with Crippen molar-refractivity contribution in [3.8, 4) is 0 Å². The van der Waals surface area contributed by atoms with Crippen molar-refractivity contribution in [2.24, 2.45) is 0 Å². The van der Waals surface area contributed by atoms with Gasteiger partial charge < -0.3 is 14.7 Å². The first-order chi connectivity index (χ1) is 10.3. The maximum Gasteiger partial charge on any atom is 0.150 e. The maximum absolute atomic E-state index is 9.86. The molecule has 0 spiro atoms. The SMILES string of the molecule is CO[C@@H]1CN(c2ccn(Cc3ccccc3)n2)CC[C@H]1O. The van der Waals surface area contributed by atoms with Crippen molar-refractivity contribution in [2.75, 3.05) is 25.1 Å². The number of rotatable bonds is 4. The predicted octanol–water partition coefficient (Wildman–Crippen LogP) is 1.52. The molecule has 0 unspecified atom stereocenters. The van der Waals surface area contributed by atoms with Gasteiger partial charge in [0.05, 0.1) is 12.6 Å². The summed E-state index contributed by atoms with van der Waals surface area (Å²) in [6.45, 7) is 2.26. The summed E-state index contributed by atoms with van der Waals surface area (Å²) in [6.07, 6.45) is 2.19. The van der Waals surface area contributed by atoms with Crippen molar-refractivity contribution in [3.05, 3.63) is 48.2 Å². The highest BCUT2D eigenvalue weighted by molar-refractivity contribution is 5.38. The summed E-state index contributed by atoms with van der Waals surface area (Å²) in [6, 6.07) is 12.3. The van der Waals surface area contributed by atoms with Crippen LogP contribution in [0.1, 0.15) is 12.0 Å². The van der Waals surface area contributed by atoms with E-state index in [4.69, 9.17) is 4.74 Å². The number of benzene rings is 1. The molecule has 0 bridgehead atoms. The van der Waals surface area contributed by atoms with Crippen LogP contribution in [0.5, 0.6) is 0 Å². The Morgan fingerprint density at radius 1 is 1.29 bits per heavy atom. The van der Waals surface area contributed by atoms with Crippen molar-refractivity contribution in [1.82, 2.24) is 9.78 Å². The number of ether oxygens (including phenoxy) is 1. The molecule has 0 saturated carbocycles. The fourth-order valence-electron chi connectivity index (χ4n) is 2.72. The van der Waals surface area contributed by atoms with Crippen molar-refractivity contribution in [3.63, 3.8) is 0 Å². The lowest BCUT2D eigenvalue weighted by Crippen LogP contribution is -2.47. The summed E-state index contributed by atoms with van der Waals surface area (Å²) in [4.78, 5) is 2.17. The van der Waals surface area contributed by atoms with E-state index in [-0.39, 0.29) is 12.2 Å². The van der Waals surface area contributed by atoms with Gasteiger partial charge in [0.1, 0.15) is 6.10 Å². The highest BCUT2D eigenvalue weighted by Gasteiger charge is 2.28. The summed E-state index contributed by atoms with van der Waals surface area (Å²) >= 11 is 0. The van der Waals surface area contributed by atoms with Gasteiger partial charge in [0, 0.05) is 32.5 Å². The van der Waals surface area contributed by atoms with Crippen LogP contribution >= 0.6 is 0 Å². The van der Waals surface area contributed by atoms with E-state index in [0.717, 1.165) is 18.9 Å². The molecule has 1 saturated heterocycles. The average molecular weight is 287 g/mol. The number of methoxy groups -OCH3 is 1. The lowest BCUT2D eigenvalue weighted by atomic mass is 10.1. The summed E-state index contributed by atoms with van der Waals surface area (Å²) < 4.78 is 7.27. The molecule has 21 heavy (non-hydrogen) atoms. The molecule has 5 nitrogen and oxygen atoms in total. The van der Waals surface area contributed by atoms with Crippen LogP contribution in [0.2, 0.25) is 0 Å². The molecular weight excluding hydrogens is 266 g/mol. The van der Waals surface area contributed by atoms with Crippen LogP contribution in [0.25, 0.3) is 0 Å². The van der Waals surface area contributed by atoms with Gasteiger partial charge in [-0.1, -0.05) is 30.3 Å². The summed E-state index contributed by atoms with van der Waals surface area (Å²) in [5.74, 6) is 0.944. The highest BCUT2D eigenvalue weighted by atomic mass is 16.5. The molecule has 2 aromatic rings. The van der Waals surface area contributed by atoms with Crippen LogP contribution in [0, 0.1) is 0 Å². The molecule has 1 aliphatic heterocycles. The van der Waals surface area contributed by atoms with Crippen LogP contribution in [0.15, 0.2) is 42.6 Å². The van der Waals surface area contributed by atoms with E-state index in [9.17, 15) is 5.11 Å². The average Bonchev–Trinajstić information content (AvgIpc) is 2.97. The third-order valence-corrected chi connectivity index (χ3v) is 3.96. The second-order valence-corrected chi connectivity index (χ2v) is 5.43. The molecule has 0 amide bonds. The second kappa shape index (κ2) is 6.28. The first kappa shape index (κ1) is 14.1. The molecule has 0 radical (unpaired) electrons. The third kappa shape index (κ3) is 3.25. The molecule has 1 N–H and O–H groups in total. The fourth-order valence-corrected chi connectivity index (χ4v) is 2.72. The maximum atomic E-state index is 9.86. The van der Waals surface area contributed by atoms with Gasteiger partial charge >= 0.3 is 0 Å². The van der Waals surface area contributed by atoms with Crippen LogP contribution in [0.4, 0.5) is 5.82 Å². The molecule has 1 aliphatic rings. The van der Waals surface area contributed by atoms with E-state index < -0.39 is 0 Å². The fraction of sp³-hybridized carbons (Fsp3) is 0.438. The minimum absolute atomic E-state index is 0.141. The quantitative estimate of drug-likeness (QED) is 0.926. The number of anilines is 1. The zero-order chi connectivity index (χ0) is 14.7. The van der Waals surface area contributed by atoms with Crippen LogP contribution in [0.3, 0.4) is 0 Å². The molecule has 2 heterocycles. The molecule has 2 atom stereocenters. The molecule has 5 heteroatoms. The number of hydrogen-bond acceptors (Lipinski definition) is 4. The molecular formula is C16H21N3O2. The van der Waals surface area contributed by atoms with Crippen LogP contribution in [-0.4, -0.2) is 47.3 Å². The Hall–Kier alpha value is -1.85. The van der Waals surface area contributed by atoms with Gasteiger partial charge in [0.25, 0.3) is 0 Å². The summed E-state index contributed by atoms with van der Waals surface area (Å²) in [7, 11) is 1.64. The Bertz CT molecular complexity index is 570. The first-order valence-electron chi connectivity index (χ1n) is 7.29. The molecule has 1 aromatic carbocycles. The van der Waals surface area contributed by atoms with E-state index >= 15 is 0 Å². The molecule has 0 aliphatic carbocycles. The van der Waals surface area contributed by atoms with E-state index in [1.807, 2.05) is 35.1 Å². The van der Waals surface area contributed by atoms with Gasteiger partial charge in [-0.05, 0) is 12.0 Å².